The zero-order chi connectivity index (χ0) is 19.6. The molecule has 0 atom stereocenters. The van der Waals surface area contributed by atoms with E-state index in [9.17, 15) is 4.79 Å². The normalized spacial score (nSPS) is 10.8. The van der Waals surface area contributed by atoms with E-state index in [0.29, 0.717) is 21.0 Å². The van der Waals surface area contributed by atoms with E-state index in [1.165, 1.54) is 11.3 Å². The minimum atomic E-state index is -0.861. The molecule has 6 nitrogen and oxygen atoms in total. The number of nitrogens with zero attached hydrogens (tertiary/aromatic N) is 3. The summed E-state index contributed by atoms with van der Waals surface area (Å²) >= 11 is 13.3. The topological polar surface area (TPSA) is 88.0 Å². The summed E-state index contributed by atoms with van der Waals surface area (Å²) in [5, 5.41) is 12.4. The molecule has 2 N–H and O–H groups in total. The number of nitrogens with one attached hydrogen (secondary N) is 1. The second-order valence-corrected chi connectivity index (χ2v) is 7.73. The maximum absolute atomic E-state index is 10.8. The van der Waals surface area contributed by atoms with Crippen molar-refractivity contribution >= 4 is 52.0 Å². The van der Waals surface area contributed by atoms with Gasteiger partial charge in [-0.05, 0) is 31.0 Å². The number of carbonyl (C=O) groups is 1. The van der Waals surface area contributed by atoms with Gasteiger partial charge in [-0.1, -0.05) is 53.6 Å². The number of hydrogen-bond acceptors (Lipinski definition) is 6. The second-order valence-electron chi connectivity index (χ2n) is 5.79. The summed E-state index contributed by atoms with van der Waals surface area (Å²) in [5.74, 6) is 0.274. The van der Waals surface area contributed by atoms with Crippen molar-refractivity contribution in [3.8, 4) is 10.7 Å². The van der Waals surface area contributed by atoms with Crippen LogP contribution in [0.2, 0.25) is 9.62 Å². The van der Waals surface area contributed by atoms with E-state index in [-0.39, 0.29) is 11.6 Å². The summed E-state index contributed by atoms with van der Waals surface area (Å²) in [4.78, 5) is 24.6. The zero-order valence-electron chi connectivity index (χ0n) is 14.6. The minimum absolute atomic E-state index is 0.0120. The predicted octanol–water partition coefficient (Wildman–Crippen LogP) is 5.15. The number of thiazole rings is 1. The summed E-state index contributed by atoms with van der Waals surface area (Å²) in [7, 11) is 0. The summed E-state index contributed by atoms with van der Waals surface area (Å²) in [6, 6.07) is 7.20. The summed E-state index contributed by atoms with van der Waals surface area (Å²) in [6.45, 7) is 3.95. The van der Waals surface area contributed by atoms with Crippen LogP contribution in [0.1, 0.15) is 23.7 Å². The van der Waals surface area contributed by atoms with Crippen molar-refractivity contribution in [3.63, 3.8) is 0 Å². The fraction of sp³-hybridized carbons (Fsp3) is 0.222. The molecular weight excluding hydrogens is 407 g/mol. The van der Waals surface area contributed by atoms with Crippen LogP contribution in [0.15, 0.2) is 24.3 Å². The lowest BCUT2D eigenvalue weighted by Crippen LogP contribution is -2.05. The monoisotopic (exact) mass is 422 g/mol. The van der Waals surface area contributed by atoms with Crippen LogP contribution in [0.4, 0.5) is 11.5 Å². The van der Waals surface area contributed by atoms with Gasteiger partial charge in [0.25, 0.3) is 0 Å². The van der Waals surface area contributed by atoms with E-state index < -0.39 is 5.97 Å². The van der Waals surface area contributed by atoms with Crippen LogP contribution in [-0.2, 0) is 17.6 Å². The van der Waals surface area contributed by atoms with E-state index in [0.717, 1.165) is 28.9 Å². The molecule has 9 heteroatoms. The van der Waals surface area contributed by atoms with Crippen molar-refractivity contribution in [2.24, 2.45) is 0 Å². The van der Waals surface area contributed by atoms with Gasteiger partial charge < -0.3 is 10.4 Å². The molecule has 0 fully saturated rings. The highest BCUT2D eigenvalue weighted by molar-refractivity contribution is 7.19. The Balaban J connectivity index is 1.96. The van der Waals surface area contributed by atoms with Crippen molar-refractivity contribution in [2.45, 2.75) is 26.7 Å². The lowest BCUT2D eigenvalue weighted by atomic mass is 10.1. The maximum atomic E-state index is 10.8. The Bertz CT molecular complexity index is 990. The van der Waals surface area contributed by atoms with Gasteiger partial charge in [-0.15, -0.1) is 0 Å². The van der Waals surface area contributed by atoms with Crippen LogP contribution in [0.3, 0.4) is 0 Å². The van der Waals surface area contributed by atoms with Gasteiger partial charge >= 0.3 is 5.97 Å². The molecule has 0 amide bonds. The van der Waals surface area contributed by atoms with Gasteiger partial charge in [0.05, 0.1) is 6.42 Å². The molecule has 2 aromatic heterocycles. The quantitative estimate of drug-likeness (QED) is 0.570. The molecule has 2 heterocycles. The van der Waals surface area contributed by atoms with E-state index in [4.69, 9.17) is 28.3 Å². The Hall–Kier alpha value is -2.22. The van der Waals surface area contributed by atoms with E-state index in [1.54, 1.807) is 12.1 Å². The Morgan fingerprint density at radius 1 is 1.19 bits per heavy atom. The molecule has 0 spiro atoms. The number of benzene rings is 1. The number of halogens is 2. The molecule has 0 radical (unpaired) electrons. The van der Waals surface area contributed by atoms with Crippen molar-refractivity contribution < 1.29 is 9.90 Å². The van der Waals surface area contributed by atoms with Crippen molar-refractivity contribution in [1.29, 1.82) is 0 Å². The molecule has 1 aromatic carbocycles. The Kier molecular flexibility index (Phi) is 5.94. The van der Waals surface area contributed by atoms with Gasteiger partial charge in [0.1, 0.15) is 10.7 Å². The number of carboxylic acids is 1. The maximum Gasteiger partial charge on any atom is 0.307 e. The first-order valence-corrected chi connectivity index (χ1v) is 9.72. The highest BCUT2D eigenvalue weighted by atomic mass is 35.5. The fourth-order valence-electron chi connectivity index (χ4n) is 2.66. The van der Waals surface area contributed by atoms with Gasteiger partial charge in [0, 0.05) is 16.9 Å². The Morgan fingerprint density at radius 2 is 1.89 bits per heavy atom. The molecule has 0 aliphatic heterocycles. The van der Waals surface area contributed by atoms with Crippen molar-refractivity contribution in [1.82, 2.24) is 15.0 Å². The average molecular weight is 423 g/mol. The minimum Gasteiger partial charge on any atom is -0.481 e. The average Bonchev–Trinajstić information content (AvgIpc) is 2.94. The Labute approximate surface area is 170 Å². The zero-order valence-corrected chi connectivity index (χ0v) is 16.9. The number of anilines is 2. The van der Waals surface area contributed by atoms with Gasteiger partial charge in [-0.2, -0.15) is 0 Å². The van der Waals surface area contributed by atoms with Gasteiger partial charge in [-0.3, -0.25) is 4.79 Å². The third-order valence-electron chi connectivity index (χ3n) is 3.90. The van der Waals surface area contributed by atoms with Crippen LogP contribution >= 0.6 is 34.5 Å². The highest BCUT2D eigenvalue weighted by Crippen LogP contribution is 2.35. The third-order valence-corrected chi connectivity index (χ3v) is 5.44. The van der Waals surface area contributed by atoms with Gasteiger partial charge in [0.15, 0.2) is 15.4 Å². The highest BCUT2D eigenvalue weighted by Gasteiger charge is 2.17. The Morgan fingerprint density at radius 3 is 2.44 bits per heavy atom. The lowest BCUT2D eigenvalue weighted by molar-refractivity contribution is -0.136. The van der Waals surface area contributed by atoms with Crippen LogP contribution in [-0.4, -0.2) is 26.0 Å². The molecule has 0 bridgehead atoms. The van der Waals surface area contributed by atoms with Crippen LogP contribution in [0.25, 0.3) is 10.7 Å². The molecule has 0 unspecified atom stereocenters. The number of aliphatic carboxylic acids is 1. The van der Waals surface area contributed by atoms with E-state index >= 15 is 0 Å². The molecule has 140 valence electrons. The SMILES string of the molecule is CCc1c(C)nc(-c2sc(Cl)nc2Cl)nc1Nc1ccc(CC(=O)O)cc1. The molecule has 0 aliphatic carbocycles. The van der Waals surface area contributed by atoms with Gasteiger partial charge in [0.2, 0.25) is 0 Å². The summed E-state index contributed by atoms with van der Waals surface area (Å²) in [5.41, 5.74) is 3.36. The smallest absolute Gasteiger partial charge is 0.307 e. The molecule has 0 aliphatic rings. The molecule has 0 saturated carbocycles. The number of carboxylic acid groups (broad SMARTS) is 1. The van der Waals surface area contributed by atoms with Crippen LogP contribution < -0.4 is 5.32 Å². The van der Waals surface area contributed by atoms with E-state index in [2.05, 4.69) is 20.3 Å². The largest absolute Gasteiger partial charge is 0.481 e. The molecule has 3 aromatic rings. The van der Waals surface area contributed by atoms with E-state index in [1.807, 2.05) is 26.0 Å². The first kappa shape index (κ1) is 19.5. The number of aryl methyl sites for hydroxylation is 1. The van der Waals surface area contributed by atoms with Crippen molar-refractivity contribution in [2.75, 3.05) is 5.32 Å². The number of aromatic nitrogens is 3. The standard InChI is InChI=1S/C18H16Cl2N4O2S/c1-3-12-9(2)21-17(14-15(19)23-18(20)27-14)24-16(12)22-11-6-4-10(5-7-11)8-13(25)26/h4-7H,3,8H2,1-2H3,(H,25,26)(H,21,22,24). The third kappa shape index (κ3) is 4.55. The molecular formula is C18H16Cl2N4O2S. The molecule has 0 saturated heterocycles. The lowest BCUT2D eigenvalue weighted by Gasteiger charge is -2.14. The molecule has 3 rings (SSSR count). The van der Waals surface area contributed by atoms with Crippen LogP contribution in [0, 0.1) is 6.92 Å². The number of rotatable bonds is 6. The fourth-order valence-corrected chi connectivity index (χ4v) is 3.97. The predicted molar refractivity (Wildman–Crippen MR) is 108 cm³/mol. The first-order chi connectivity index (χ1) is 12.9. The van der Waals surface area contributed by atoms with Crippen molar-refractivity contribution in [3.05, 3.63) is 50.7 Å². The first-order valence-electron chi connectivity index (χ1n) is 8.14. The molecule has 27 heavy (non-hydrogen) atoms. The van der Waals surface area contributed by atoms with Gasteiger partial charge in [-0.25, -0.2) is 15.0 Å². The summed E-state index contributed by atoms with van der Waals surface area (Å²) in [6.07, 6.45) is 0.741. The summed E-state index contributed by atoms with van der Waals surface area (Å²) < 4.78 is 0.333. The van der Waals surface area contributed by atoms with Crippen LogP contribution in [0.5, 0.6) is 0 Å². The second kappa shape index (κ2) is 8.21. The number of hydrogen-bond donors (Lipinski definition) is 2.